The first-order chi connectivity index (χ1) is 8.99. The molecule has 0 spiro atoms. The van der Waals surface area contributed by atoms with Crippen molar-refractivity contribution in [1.82, 2.24) is 9.38 Å². The first kappa shape index (κ1) is 14.0. The molecule has 0 aliphatic rings. The standard InChI is InChI=1S/C11H13N3O3S2/c1-6-3-19-11-13-7(2-9(15)14(6)11)4-18-5-8(12)10(16)17/h2-3,8H,4-5,12H2,1H3,(H,16,17). The molecule has 0 fully saturated rings. The van der Waals surface area contributed by atoms with Gasteiger partial charge in [-0.1, -0.05) is 0 Å². The Labute approximate surface area is 117 Å². The average molecular weight is 299 g/mol. The second kappa shape index (κ2) is 5.72. The Hall–Kier alpha value is -1.38. The molecule has 8 heteroatoms. The lowest BCUT2D eigenvalue weighted by Crippen LogP contribution is -2.32. The summed E-state index contributed by atoms with van der Waals surface area (Å²) in [5.41, 5.74) is 6.80. The summed E-state index contributed by atoms with van der Waals surface area (Å²) in [7, 11) is 0. The molecule has 2 aromatic heterocycles. The number of carbonyl (C=O) groups is 1. The molecule has 0 saturated carbocycles. The van der Waals surface area contributed by atoms with E-state index in [0.717, 1.165) is 5.69 Å². The zero-order chi connectivity index (χ0) is 14.0. The number of rotatable bonds is 5. The number of fused-ring (bicyclic) bond motifs is 1. The molecular formula is C11H13N3O3S2. The molecule has 102 valence electrons. The largest absolute Gasteiger partial charge is 0.480 e. The maximum Gasteiger partial charge on any atom is 0.321 e. The highest BCUT2D eigenvalue weighted by molar-refractivity contribution is 7.98. The minimum Gasteiger partial charge on any atom is -0.480 e. The van der Waals surface area contributed by atoms with Crippen molar-refractivity contribution < 1.29 is 9.90 Å². The second-order valence-electron chi connectivity index (χ2n) is 4.04. The highest BCUT2D eigenvalue weighted by Crippen LogP contribution is 2.15. The van der Waals surface area contributed by atoms with E-state index in [9.17, 15) is 9.59 Å². The summed E-state index contributed by atoms with van der Waals surface area (Å²) in [5, 5.41) is 10.5. The van der Waals surface area contributed by atoms with Crippen molar-refractivity contribution in [2.24, 2.45) is 5.73 Å². The predicted molar refractivity (Wildman–Crippen MR) is 75.8 cm³/mol. The van der Waals surface area contributed by atoms with Crippen LogP contribution < -0.4 is 11.3 Å². The summed E-state index contributed by atoms with van der Waals surface area (Å²) < 4.78 is 1.56. The van der Waals surface area contributed by atoms with Gasteiger partial charge in [0.25, 0.3) is 5.56 Å². The van der Waals surface area contributed by atoms with Gasteiger partial charge in [-0.3, -0.25) is 14.0 Å². The lowest BCUT2D eigenvalue weighted by Gasteiger charge is -2.05. The van der Waals surface area contributed by atoms with E-state index in [1.165, 1.54) is 29.2 Å². The second-order valence-corrected chi connectivity index (χ2v) is 5.91. The molecule has 0 aliphatic carbocycles. The van der Waals surface area contributed by atoms with Gasteiger partial charge >= 0.3 is 5.97 Å². The van der Waals surface area contributed by atoms with Crippen LogP contribution in [0.25, 0.3) is 4.96 Å². The van der Waals surface area contributed by atoms with Crippen LogP contribution in [0.1, 0.15) is 11.4 Å². The van der Waals surface area contributed by atoms with E-state index in [4.69, 9.17) is 10.8 Å². The Kier molecular flexibility index (Phi) is 4.23. The van der Waals surface area contributed by atoms with E-state index in [1.54, 1.807) is 4.40 Å². The third-order valence-corrected chi connectivity index (χ3v) is 4.53. The number of thiazole rings is 1. The minimum atomic E-state index is -1.02. The third-order valence-electron chi connectivity index (χ3n) is 2.49. The van der Waals surface area contributed by atoms with Crippen molar-refractivity contribution in [3.05, 3.63) is 33.2 Å². The molecule has 1 atom stereocenters. The molecule has 0 saturated heterocycles. The summed E-state index contributed by atoms with van der Waals surface area (Å²) in [5.74, 6) is -0.256. The average Bonchev–Trinajstić information content (AvgIpc) is 2.71. The van der Waals surface area contributed by atoms with E-state index in [0.29, 0.717) is 22.2 Å². The third kappa shape index (κ3) is 3.14. The van der Waals surface area contributed by atoms with Crippen LogP contribution in [0.4, 0.5) is 0 Å². The molecule has 0 amide bonds. The van der Waals surface area contributed by atoms with Crippen LogP contribution in [0.5, 0.6) is 0 Å². The van der Waals surface area contributed by atoms with E-state index in [2.05, 4.69) is 4.98 Å². The summed E-state index contributed by atoms with van der Waals surface area (Å²) >= 11 is 2.77. The molecule has 1 unspecified atom stereocenters. The van der Waals surface area contributed by atoms with Gasteiger partial charge in [0.05, 0.1) is 5.69 Å². The maximum absolute atomic E-state index is 11.9. The molecule has 0 bridgehead atoms. The highest BCUT2D eigenvalue weighted by atomic mass is 32.2. The zero-order valence-electron chi connectivity index (χ0n) is 10.2. The number of nitrogens with two attached hydrogens (primary N) is 1. The van der Waals surface area contributed by atoms with Gasteiger partial charge < -0.3 is 10.8 Å². The molecule has 0 aliphatic heterocycles. The van der Waals surface area contributed by atoms with Gasteiger partial charge in [0.15, 0.2) is 4.96 Å². The van der Waals surface area contributed by atoms with Crippen LogP contribution in [0.2, 0.25) is 0 Å². The SMILES string of the molecule is Cc1csc2nc(CSCC(N)C(=O)O)cc(=O)n12. The van der Waals surface area contributed by atoms with E-state index in [-0.39, 0.29) is 5.56 Å². The van der Waals surface area contributed by atoms with Crippen molar-refractivity contribution in [3.63, 3.8) is 0 Å². The topological polar surface area (TPSA) is 97.7 Å². The molecule has 2 rings (SSSR count). The minimum absolute atomic E-state index is 0.109. The number of aliphatic carboxylic acids is 1. The first-order valence-corrected chi connectivity index (χ1v) is 7.55. The first-order valence-electron chi connectivity index (χ1n) is 5.52. The Morgan fingerprint density at radius 3 is 3.11 bits per heavy atom. The molecule has 0 aromatic carbocycles. The summed E-state index contributed by atoms with van der Waals surface area (Å²) in [6.07, 6.45) is 0. The molecular weight excluding hydrogens is 286 g/mol. The number of carboxylic acids is 1. The summed E-state index contributed by atoms with van der Waals surface area (Å²) in [6.45, 7) is 1.85. The Morgan fingerprint density at radius 1 is 1.68 bits per heavy atom. The van der Waals surface area contributed by atoms with Crippen LogP contribution in [-0.2, 0) is 10.5 Å². The Morgan fingerprint density at radius 2 is 2.42 bits per heavy atom. The van der Waals surface area contributed by atoms with Gasteiger partial charge in [-0.25, -0.2) is 4.98 Å². The fourth-order valence-corrected chi connectivity index (χ4v) is 3.30. The maximum atomic E-state index is 11.9. The Balaban J connectivity index is 2.10. The normalized spacial score (nSPS) is 12.7. The van der Waals surface area contributed by atoms with Gasteiger partial charge in [-0.05, 0) is 6.92 Å². The van der Waals surface area contributed by atoms with E-state index >= 15 is 0 Å². The van der Waals surface area contributed by atoms with Crippen molar-refractivity contribution >= 4 is 34.0 Å². The van der Waals surface area contributed by atoms with E-state index < -0.39 is 12.0 Å². The molecule has 19 heavy (non-hydrogen) atoms. The number of carboxylic acid groups (broad SMARTS) is 1. The number of aromatic nitrogens is 2. The Bertz CT molecular complexity index is 665. The number of aryl methyl sites for hydroxylation is 1. The van der Waals surface area contributed by atoms with Crippen molar-refractivity contribution in [2.45, 2.75) is 18.7 Å². The highest BCUT2D eigenvalue weighted by Gasteiger charge is 2.12. The van der Waals surface area contributed by atoms with Crippen LogP contribution >= 0.6 is 23.1 Å². The van der Waals surface area contributed by atoms with Crippen LogP contribution in [0, 0.1) is 6.92 Å². The predicted octanol–water partition coefficient (Wildman–Crippen LogP) is 0.710. The van der Waals surface area contributed by atoms with Crippen molar-refractivity contribution in [3.8, 4) is 0 Å². The quantitative estimate of drug-likeness (QED) is 0.844. The number of hydrogen-bond donors (Lipinski definition) is 2. The van der Waals surface area contributed by atoms with Gasteiger partial charge in [0, 0.05) is 28.6 Å². The van der Waals surface area contributed by atoms with Crippen LogP contribution in [0.3, 0.4) is 0 Å². The monoisotopic (exact) mass is 299 g/mol. The van der Waals surface area contributed by atoms with Gasteiger partial charge in [0.1, 0.15) is 6.04 Å². The van der Waals surface area contributed by atoms with Crippen LogP contribution in [-0.4, -0.2) is 32.3 Å². The van der Waals surface area contributed by atoms with Gasteiger partial charge in [-0.15, -0.1) is 11.3 Å². The number of nitrogens with zero attached hydrogens (tertiary/aromatic N) is 2. The fourth-order valence-electron chi connectivity index (χ4n) is 1.54. The number of thioether (sulfide) groups is 1. The van der Waals surface area contributed by atoms with Crippen molar-refractivity contribution in [2.75, 3.05) is 5.75 Å². The zero-order valence-corrected chi connectivity index (χ0v) is 11.8. The van der Waals surface area contributed by atoms with Gasteiger partial charge in [-0.2, -0.15) is 11.8 Å². The fraction of sp³-hybridized carbons (Fsp3) is 0.364. The lowest BCUT2D eigenvalue weighted by atomic mass is 10.4. The summed E-state index contributed by atoms with van der Waals surface area (Å²) in [6, 6.07) is 0.588. The molecule has 2 heterocycles. The number of hydrogen-bond acceptors (Lipinski definition) is 6. The molecule has 2 aromatic rings. The molecule has 6 nitrogen and oxygen atoms in total. The van der Waals surface area contributed by atoms with Gasteiger partial charge in [0.2, 0.25) is 0 Å². The lowest BCUT2D eigenvalue weighted by molar-refractivity contribution is -0.137. The van der Waals surface area contributed by atoms with Crippen LogP contribution in [0.15, 0.2) is 16.2 Å². The van der Waals surface area contributed by atoms with E-state index in [1.807, 2.05) is 12.3 Å². The van der Waals surface area contributed by atoms with Crippen molar-refractivity contribution in [1.29, 1.82) is 0 Å². The summed E-state index contributed by atoms with van der Waals surface area (Å²) in [4.78, 5) is 27.5. The molecule has 3 N–H and O–H groups in total. The smallest absolute Gasteiger partial charge is 0.321 e. The molecule has 0 radical (unpaired) electrons.